The zero-order chi connectivity index (χ0) is 35.5. The predicted octanol–water partition coefficient (Wildman–Crippen LogP) is 3.20. The van der Waals surface area contributed by atoms with Gasteiger partial charge < -0.3 is 31.8 Å². The predicted molar refractivity (Wildman–Crippen MR) is 180 cm³/mol. The molecular weight excluding hydrogens is 604 g/mol. The highest BCUT2D eigenvalue weighted by Crippen LogP contribution is 2.19. The van der Waals surface area contributed by atoms with Gasteiger partial charge in [-0.15, -0.1) is 0 Å². The molecule has 7 amide bonds. The van der Waals surface area contributed by atoms with Crippen LogP contribution in [0.4, 0.5) is 10.5 Å². The van der Waals surface area contributed by atoms with Crippen LogP contribution in [0.5, 0.6) is 0 Å². The fourth-order valence-electron chi connectivity index (χ4n) is 4.95. The van der Waals surface area contributed by atoms with Crippen LogP contribution in [0, 0.1) is 11.8 Å². The minimum Gasteiger partial charge on any atom is -0.352 e. The van der Waals surface area contributed by atoms with Gasteiger partial charge in [-0.3, -0.25) is 28.9 Å². The van der Waals surface area contributed by atoms with Gasteiger partial charge >= 0.3 is 6.03 Å². The second-order valence-electron chi connectivity index (χ2n) is 12.0. The number of unbranched alkanes of at least 4 members (excludes halogenated alkanes) is 2. The number of nitrogens with one attached hydrogen (secondary N) is 4. The third-order valence-corrected chi connectivity index (χ3v) is 7.61. The molecule has 1 aromatic carbocycles. The van der Waals surface area contributed by atoms with E-state index in [2.05, 4.69) is 21.3 Å². The van der Waals surface area contributed by atoms with Gasteiger partial charge in [0.05, 0.1) is 0 Å². The van der Waals surface area contributed by atoms with E-state index in [9.17, 15) is 33.6 Å². The van der Waals surface area contributed by atoms with E-state index in [0.29, 0.717) is 50.8 Å². The molecule has 6 N–H and O–H groups in total. The standard InChI is InChI=1S/C32H48N6O7.C2H6/c1-20(2)28(37-26(40)10-6-5-7-18-38-27(41)19-21(3)31(38)44)30(43)36-25(9-8-17-34-32(33)45)29(42)35-24-15-13-23(14-16-24)12-11-22(4)39;1-2/h13-16,20-21,25,28H,5-12,17-19H2,1-4H3,(H,35,42)(H,36,43)(H,37,40)(H3,33,34,45);1-2H3. The number of carbonyl (C=O) groups excluding carboxylic acids is 7. The number of ketones is 1. The number of likely N-dealkylation sites (tertiary alicyclic amines) is 1. The normalized spacial score (nSPS) is 15.3. The van der Waals surface area contributed by atoms with Crippen molar-refractivity contribution in [1.82, 2.24) is 20.9 Å². The van der Waals surface area contributed by atoms with Crippen LogP contribution in [-0.4, -0.2) is 71.4 Å². The lowest BCUT2D eigenvalue weighted by atomic mass is 10.0. The number of benzene rings is 1. The molecule has 1 aromatic rings. The molecule has 1 saturated heterocycles. The van der Waals surface area contributed by atoms with Crippen molar-refractivity contribution in [3.8, 4) is 0 Å². The van der Waals surface area contributed by atoms with E-state index < -0.39 is 29.9 Å². The third-order valence-electron chi connectivity index (χ3n) is 7.61. The monoisotopic (exact) mass is 658 g/mol. The maximum atomic E-state index is 13.3. The highest BCUT2D eigenvalue weighted by Gasteiger charge is 2.35. The zero-order valence-corrected chi connectivity index (χ0v) is 28.8. The smallest absolute Gasteiger partial charge is 0.312 e. The zero-order valence-electron chi connectivity index (χ0n) is 28.8. The topological polar surface area (TPSA) is 197 Å². The summed E-state index contributed by atoms with van der Waals surface area (Å²) < 4.78 is 0. The number of imide groups is 1. The fraction of sp³-hybridized carbons (Fsp3) is 0.618. The van der Waals surface area contributed by atoms with Gasteiger partial charge in [0.2, 0.25) is 29.5 Å². The summed E-state index contributed by atoms with van der Waals surface area (Å²) in [6, 6.07) is 4.54. The van der Waals surface area contributed by atoms with Crippen LogP contribution < -0.4 is 27.0 Å². The Morgan fingerprint density at radius 2 is 1.57 bits per heavy atom. The number of rotatable bonds is 19. The molecule has 13 nitrogen and oxygen atoms in total. The summed E-state index contributed by atoms with van der Waals surface area (Å²) in [6.07, 6.45) is 3.74. The first kappa shape index (κ1) is 40.7. The highest BCUT2D eigenvalue weighted by molar-refractivity contribution is 6.03. The van der Waals surface area contributed by atoms with Crippen LogP contribution in [0.25, 0.3) is 0 Å². The van der Waals surface area contributed by atoms with Crippen LogP contribution in [0.3, 0.4) is 0 Å². The summed E-state index contributed by atoms with van der Waals surface area (Å²) in [5.74, 6) is -2.07. The molecule has 0 aliphatic carbocycles. The minimum absolute atomic E-state index is 0.0905. The Morgan fingerprint density at radius 3 is 2.13 bits per heavy atom. The Labute approximate surface area is 278 Å². The molecule has 1 heterocycles. The molecule has 0 radical (unpaired) electrons. The van der Waals surface area contributed by atoms with E-state index in [1.54, 1.807) is 32.9 Å². The number of nitrogens with two attached hydrogens (primary N) is 1. The number of primary amides is 1. The first-order chi connectivity index (χ1) is 22.3. The van der Waals surface area contributed by atoms with Crippen molar-refractivity contribution < 1.29 is 33.6 Å². The minimum atomic E-state index is -0.957. The lowest BCUT2D eigenvalue weighted by Gasteiger charge is -2.25. The van der Waals surface area contributed by atoms with Crippen LogP contribution in [0.1, 0.15) is 98.5 Å². The average Bonchev–Trinajstić information content (AvgIpc) is 3.26. The molecule has 0 aromatic heterocycles. The second-order valence-corrected chi connectivity index (χ2v) is 12.0. The molecule has 13 heteroatoms. The van der Waals surface area contributed by atoms with Crippen LogP contribution in [0.2, 0.25) is 0 Å². The molecule has 1 fully saturated rings. The van der Waals surface area contributed by atoms with E-state index >= 15 is 0 Å². The number of carbonyl (C=O) groups is 7. The Hall–Kier alpha value is -4.29. The largest absolute Gasteiger partial charge is 0.352 e. The maximum Gasteiger partial charge on any atom is 0.312 e. The molecule has 1 aliphatic heterocycles. The Kier molecular flexibility index (Phi) is 18.6. The van der Waals surface area contributed by atoms with Crippen molar-refractivity contribution in [3.05, 3.63) is 29.8 Å². The summed E-state index contributed by atoms with van der Waals surface area (Å²) in [5, 5.41) is 10.8. The molecule has 47 heavy (non-hydrogen) atoms. The van der Waals surface area contributed by atoms with Crippen LogP contribution in [-0.2, 0) is 35.2 Å². The maximum absolute atomic E-state index is 13.3. The van der Waals surface area contributed by atoms with Crippen molar-refractivity contribution in [2.75, 3.05) is 18.4 Å². The summed E-state index contributed by atoms with van der Waals surface area (Å²) in [4.78, 5) is 86.8. The molecule has 0 saturated carbocycles. The van der Waals surface area contributed by atoms with Crippen molar-refractivity contribution in [3.63, 3.8) is 0 Å². The molecular formula is C34H54N6O7. The van der Waals surface area contributed by atoms with E-state index in [1.807, 2.05) is 26.0 Å². The Balaban J connectivity index is 0.00000541. The van der Waals surface area contributed by atoms with Gasteiger partial charge in [0.25, 0.3) is 0 Å². The number of Topliss-reactive ketones (excluding diaryl/α,β-unsaturated/α-hetero) is 1. The Bertz CT molecular complexity index is 1220. The number of hydrogen-bond acceptors (Lipinski definition) is 7. The van der Waals surface area contributed by atoms with Gasteiger partial charge in [-0.05, 0) is 62.6 Å². The number of hydrogen-bond donors (Lipinski definition) is 5. The molecule has 3 unspecified atom stereocenters. The van der Waals surface area contributed by atoms with Crippen molar-refractivity contribution >= 4 is 47.0 Å². The third kappa shape index (κ3) is 15.2. The number of aryl methyl sites for hydroxylation is 1. The first-order valence-corrected chi connectivity index (χ1v) is 16.6. The number of amides is 7. The van der Waals surface area contributed by atoms with Crippen LogP contribution >= 0.6 is 0 Å². The second kappa shape index (κ2) is 21.5. The summed E-state index contributed by atoms with van der Waals surface area (Å²) in [5.41, 5.74) is 6.60. The molecule has 0 bridgehead atoms. The molecule has 2 rings (SSSR count). The van der Waals surface area contributed by atoms with E-state index in [4.69, 9.17) is 5.73 Å². The highest BCUT2D eigenvalue weighted by atomic mass is 16.2. The number of urea groups is 1. The van der Waals surface area contributed by atoms with Crippen molar-refractivity contribution in [2.24, 2.45) is 17.6 Å². The van der Waals surface area contributed by atoms with Gasteiger partial charge in [0.1, 0.15) is 17.9 Å². The summed E-state index contributed by atoms with van der Waals surface area (Å²) in [6.45, 7) is 11.4. The lowest BCUT2D eigenvalue weighted by molar-refractivity contribution is -0.139. The van der Waals surface area contributed by atoms with Gasteiger partial charge in [0.15, 0.2) is 0 Å². The van der Waals surface area contributed by atoms with Gasteiger partial charge in [-0.2, -0.15) is 0 Å². The molecule has 1 aliphatic rings. The van der Waals surface area contributed by atoms with Gasteiger partial charge in [-0.25, -0.2) is 4.79 Å². The first-order valence-electron chi connectivity index (χ1n) is 16.6. The molecule has 3 atom stereocenters. The molecule has 0 spiro atoms. The quantitative estimate of drug-likeness (QED) is 0.111. The Morgan fingerprint density at radius 1 is 0.915 bits per heavy atom. The summed E-state index contributed by atoms with van der Waals surface area (Å²) >= 11 is 0. The fourth-order valence-corrected chi connectivity index (χ4v) is 4.95. The van der Waals surface area contributed by atoms with Gasteiger partial charge in [-0.1, -0.05) is 53.2 Å². The van der Waals surface area contributed by atoms with Crippen molar-refractivity contribution in [2.45, 2.75) is 111 Å². The van der Waals surface area contributed by atoms with E-state index in [1.165, 1.54) is 11.8 Å². The SMILES string of the molecule is CC.CC(=O)CCc1ccc(NC(=O)C(CCCNC(N)=O)NC(=O)C(NC(=O)CCCCCN2C(=O)CC(C)C2=O)C(C)C)cc1. The van der Waals surface area contributed by atoms with E-state index in [-0.39, 0.29) is 61.1 Å². The lowest BCUT2D eigenvalue weighted by Crippen LogP contribution is -2.54. The van der Waals surface area contributed by atoms with Gasteiger partial charge in [0, 0.05) is 44.0 Å². The number of anilines is 1. The van der Waals surface area contributed by atoms with Crippen LogP contribution in [0.15, 0.2) is 24.3 Å². The summed E-state index contributed by atoms with van der Waals surface area (Å²) in [7, 11) is 0. The average molecular weight is 659 g/mol. The number of nitrogens with zero attached hydrogens (tertiary/aromatic N) is 1. The van der Waals surface area contributed by atoms with E-state index in [0.717, 1.165) is 5.56 Å². The molecule has 262 valence electrons. The van der Waals surface area contributed by atoms with Crippen molar-refractivity contribution in [1.29, 1.82) is 0 Å².